The molecule has 7 nitrogen and oxygen atoms in total. The fourth-order valence-corrected chi connectivity index (χ4v) is 6.28. The molecule has 0 saturated carbocycles. The first-order valence-corrected chi connectivity index (χ1v) is 12.7. The molecule has 8 heteroatoms. The smallest absolute Gasteiger partial charge is 0.275 e. The minimum Gasteiger partial charge on any atom is -0.282 e. The van der Waals surface area contributed by atoms with Crippen molar-refractivity contribution in [2.24, 2.45) is 0 Å². The predicted molar refractivity (Wildman–Crippen MR) is 131 cm³/mol. The number of sulfonamides is 1. The van der Waals surface area contributed by atoms with E-state index < -0.39 is 10.0 Å². The lowest BCUT2D eigenvalue weighted by Crippen LogP contribution is -2.50. The van der Waals surface area contributed by atoms with Crippen LogP contribution in [0.5, 0.6) is 0 Å². The average molecular weight is 469 g/mol. The molecule has 1 saturated heterocycles. The Labute approximate surface area is 195 Å². The van der Waals surface area contributed by atoms with E-state index in [9.17, 15) is 13.2 Å². The normalized spacial score (nSPS) is 16.4. The van der Waals surface area contributed by atoms with Crippen LogP contribution in [0.4, 0.5) is 0 Å². The van der Waals surface area contributed by atoms with Gasteiger partial charge in [0.25, 0.3) is 5.56 Å². The Hall–Kier alpha value is -2.55. The van der Waals surface area contributed by atoms with Crippen molar-refractivity contribution in [1.82, 2.24) is 19.0 Å². The van der Waals surface area contributed by atoms with Crippen LogP contribution < -0.4 is 5.56 Å². The van der Waals surface area contributed by atoms with E-state index in [1.807, 2.05) is 44.2 Å². The van der Waals surface area contributed by atoms with Gasteiger partial charge in [-0.3, -0.25) is 9.69 Å². The van der Waals surface area contributed by atoms with E-state index in [4.69, 9.17) is 0 Å². The second-order valence-electron chi connectivity index (χ2n) is 9.89. The van der Waals surface area contributed by atoms with E-state index in [0.717, 1.165) is 22.1 Å². The number of aromatic nitrogens is 2. The molecule has 1 aliphatic rings. The minimum absolute atomic E-state index is 0.0433. The van der Waals surface area contributed by atoms with E-state index in [0.29, 0.717) is 43.1 Å². The van der Waals surface area contributed by atoms with Crippen molar-refractivity contribution in [2.45, 2.75) is 51.6 Å². The van der Waals surface area contributed by atoms with Gasteiger partial charge in [0.05, 0.1) is 23.1 Å². The maximum Gasteiger partial charge on any atom is 0.275 e. The van der Waals surface area contributed by atoms with Crippen molar-refractivity contribution < 1.29 is 8.42 Å². The summed E-state index contributed by atoms with van der Waals surface area (Å²) in [6, 6.07) is 11.4. The highest BCUT2D eigenvalue weighted by atomic mass is 32.2. The van der Waals surface area contributed by atoms with E-state index in [2.05, 4.69) is 30.8 Å². The summed E-state index contributed by atoms with van der Waals surface area (Å²) in [6.07, 6.45) is 1.70. The lowest BCUT2D eigenvalue weighted by Gasteiger charge is -2.34. The molecule has 1 aliphatic heterocycles. The molecule has 1 aromatic heterocycles. The highest BCUT2D eigenvalue weighted by Crippen LogP contribution is 2.31. The zero-order chi connectivity index (χ0) is 24.0. The van der Waals surface area contributed by atoms with Gasteiger partial charge < -0.3 is 0 Å². The summed E-state index contributed by atoms with van der Waals surface area (Å²) in [5.74, 6) is 0. The third kappa shape index (κ3) is 4.60. The van der Waals surface area contributed by atoms with Crippen molar-refractivity contribution in [2.75, 3.05) is 26.2 Å². The zero-order valence-corrected chi connectivity index (χ0v) is 20.8. The molecule has 176 valence electrons. The zero-order valence-electron chi connectivity index (χ0n) is 20.0. The lowest BCUT2D eigenvalue weighted by atomic mass is 9.85. The number of nitrogens with zero attached hydrogens (tertiary/aromatic N) is 4. The summed E-state index contributed by atoms with van der Waals surface area (Å²) in [4.78, 5) is 15.2. The molecule has 2 heterocycles. The van der Waals surface area contributed by atoms with Gasteiger partial charge in [0.15, 0.2) is 0 Å². The highest BCUT2D eigenvalue weighted by molar-refractivity contribution is 7.89. The van der Waals surface area contributed by atoms with Crippen molar-refractivity contribution in [3.05, 3.63) is 69.6 Å². The average Bonchev–Trinajstić information content (AvgIpc) is 2.75. The van der Waals surface area contributed by atoms with Crippen LogP contribution >= 0.6 is 0 Å². The predicted octanol–water partition coefficient (Wildman–Crippen LogP) is 3.27. The van der Waals surface area contributed by atoms with E-state index in [-0.39, 0.29) is 11.0 Å². The lowest BCUT2D eigenvalue weighted by molar-refractivity contribution is 0.143. The Bertz CT molecular complexity index is 1330. The first-order chi connectivity index (χ1) is 15.5. The summed E-state index contributed by atoms with van der Waals surface area (Å²) in [5, 5.41) is 5.75. The molecule has 0 amide bonds. The maximum atomic E-state index is 13.5. The van der Waals surface area contributed by atoms with Crippen molar-refractivity contribution >= 4 is 20.8 Å². The monoisotopic (exact) mass is 468 g/mol. The van der Waals surface area contributed by atoms with Gasteiger partial charge in [-0.15, -0.1) is 0 Å². The molecule has 2 aromatic carbocycles. The van der Waals surface area contributed by atoms with Gasteiger partial charge in [0.1, 0.15) is 0 Å². The number of benzene rings is 2. The van der Waals surface area contributed by atoms with Crippen LogP contribution in [0.15, 0.2) is 52.3 Å². The van der Waals surface area contributed by atoms with E-state index in [1.165, 1.54) is 4.68 Å². The fraction of sp³-hybridized carbons (Fsp3) is 0.440. The summed E-state index contributed by atoms with van der Waals surface area (Å²) in [7, 11) is -3.60. The molecule has 0 atom stereocenters. The molecule has 1 fully saturated rings. The summed E-state index contributed by atoms with van der Waals surface area (Å²) < 4.78 is 30.0. The van der Waals surface area contributed by atoms with Crippen molar-refractivity contribution in [3.8, 4) is 0 Å². The van der Waals surface area contributed by atoms with E-state index in [1.54, 1.807) is 16.6 Å². The van der Waals surface area contributed by atoms with Crippen LogP contribution in [0.2, 0.25) is 0 Å². The molecule has 0 aliphatic carbocycles. The number of hydrogen-bond acceptors (Lipinski definition) is 5. The van der Waals surface area contributed by atoms with Gasteiger partial charge in [-0.2, -0.15) is 9.40 Å². The number of fused-ring (bicyclic) bond motifs is 1. The Kier molecular flexibility index (Phi) is 6.20. The Morgan fingerprint density at radius 3 is 2.18 bits per heavy atom. The maximum absolute atomic E-state index is 13.5. The molecule has 0 bridgehead atoms. The second kappa shape index (κ2) is 8.66. The second-order valence-corrected chi connectivity index (χ2v) is 11.8. The van der Waals surface area contributed by atoms with Crippen LogP contribution in [-0.2, 0) is 22.1 Å². The van der Waals surface area contributed by atoms with Crippen LogP contribution in [0.3, 0.4) is 0 Å². The number of hydrogen-bond donors (Lipinski definition) is 0. The van der Waals surface area contributed by atoms with Crippen LogP contribution in [-0.4, -0.2) is 53.6 Å². The summed E-state index contributed by atoms with van der Waals surface area (Å²) in [6.45, 7) is 12.3. The van der Waals surface area contributed by atoms with Gasteiger partial charge >= 0.3 is 0 Å². The third-order valence-corrected chi connectivity index (χ3v) is 8.56. The fourth-order valence-electron chi connectivity index (χ4n) is 4.45. The number of aryl methyl sites for hydroxylation is 2. The Morgan fingerprint density at radius 1 is 0.970 bits per heavy atom. The Balaban J connectivity index is 1.50. The minimum atomic E-state index is -3.60. The molecule has 0 unspecified atom stereocenters. The number of piperazine rings is 1. The molecule has 3 aromatic rings. The summed E-state index contributed by atoms with van der Waals surface area (Å²) >= 11 is 0. The summed E-state index contributed by atoms with van der Waals surface area (Å²) in [5.41, 5.74) is 2.53. The number of rotatable bonds is 4. The molecular formula is C25H32N4O3S. The Morgan fingerprint density at radius 2 is 1.58 bits per heavy atom. The van der Waals surface area contributed by atoms with Gasteiger partial charge in [-0.05, 0) is 42.0 Å². The van der Waals surface area contributed by atoms with Crippen molar-refractivity contribution in [3.63, 3.8) is 0 Å². The van der Waals surface area contributed by atoms with E-state index >= 15 is 0 Å². The third-order valence-electron chi connectivity index (χ3n) is 6.35. The van der Waals surface area contributed by atoms with Gasteiger partial charge in [0.2, 0.25) is 10.0 Å². The topological polar surface area (TPSA) is 75.5 Å². The van der Waals surface area contributed by atoms with Gasteiger partial charge in [0, 0.05) is 31.6 Å². The molecular weight excluding hydrogens is 436 g/mol. The van der Waals surface area contributed by atoms with Crippen LogP contribution in [0.25, 0.3) is 10.8 Å². The first-order valence-electron chi connectivity index (χ1n) is 11.3. The highest BCUT2D eigenvalue weighted by Gasteiger charge is 2.32. The van der Waals surface area contributed by atoms with Crippen molar-refractivity contribution in [1.29, 1.82) is 0 Å². The van der Waals surface area contributed by atoms with Gasteiger partial charge in [-0.1, -0.05) is 51.1 Å². The van der Waals surface area contributed by atoms with Gasteiger partial charge in [-0.25, -0.2) is 13.1 Å². The molecule has 0 spiro atoms. The molecule has 0 radical (unpaired) electrons. The standard InChI is InChI=1S/C25H32N4O3S/c1-18-14-21(25(3,4)5)15-19(2)23(18)33(31,32)28-12-10-27(11-13-28)17-29-24(30)22-9-7-6-8-20(22)16-26-29/h6-9,14-16H,10-13,17H2,1-5H3. The molecule has 33 heavy (non-hydrogen) atoms. The van der Waals surface area contributed by atoms with Crippen LogP contribution in [0, 0.1) is 13.8 Å². The first kappa shape index (κ1) is 23.6. The van der Waals surface area contributed by atoms with Crippen LogP contribution in [0.1, 0.15) is 37.5 Å². The quantitative estimate of drug-likeness (QED) is 0.587. The molecule has 0 N–H and O–H groups in total. The molecule has 4 rings (SSSR count). The largest absolute Gasteiger partial charge is 0.282 e. The SMILES string of the molecule is Cc1cc(C(C)(C)C)cc(C)c1S(=O)(=O)N1CCN(Cn2ncc3ccccc3c2=O)CC1.